The van der Waals surface area contributed by atoms with E-state index in [0.29, 0.717) is 18.2 Å². The molecule has 11 heteroatoms. The molecule has 2 aliphatic rings. The van der Waals surface area contributed by atoms with Gasteiger partial charge < -0.3 is 20.3 Å². The Labute approximate surface area is 219 Å². The average Bonchev–Trinajstić information content (AvgIpc) is 3.39. The molecule has 0 saturated carbocycles. The highest BCUT2D eigenvalue weighted by molar-refractivity contribution is 5.97. The minimum Gasteiger partial charge on any atom is -0.465 e. The summed E-state index contributed by atoms with van der Waals surface area (Å²) in [6.07, 6.45) is -1.93. The molecule has 38 heavy (non-hydrogen) atoms. The summed E-state index contributed by atoms with van der Waals surface area (Å²) in [4.78, 5) is 41.3. The second kappa shape index (κ2) is 11.8. The van der Waals surface area contributed by atoms with Crippen molar-refractivity contribution in [2.75, 3.05) is 44.7 Å². The van der Waals surface area contributed by atoms with Crippen molar-refractivity contribution in [2.24, 2.45) is 0 Å². The van der Waals surface area contributed by atoms with E-state index in [2.05, 4.69) is 20.4 Å². The number of halogens is 3. The third-order valence-electron chi connectivity index (χ3n) is 7.08. The van der Waals surface area contributed by atoms with Crippen LogP contribution in [0.2, 0.25) is 0 Å². The first-order valence-electron chi connectivity index (χ1n) is 12.6. The van der Waals surface area contributed by atoms with E-state index in [1.54, 1.807) is 6.07 Å². The average molecular weight is 533 g/mol. The van der Waals surface area contributed by atoms with Gasteiger partial charge in [0.05, 0.1) is 30.5 Å². The normalized spacial score (nSPS) is 18.7. The molecule has 2 heterocycles. The van der Waals surface area contributed by atoms with Crippen LogP contribution in [0.15, 0.2) is 48.5 Å². The lowest BCUT2D eigenvalue weighted by molar-refractivity contribution is -0.137. The first-order valence-corrected chi connectivity index (χ1v) is 12.6. The number of carbonyl (C=O) groups is 3. The van der Waals surface area contributed by atoms with Crippen molar-refractivity contribution in [2.45, 2.75) is 37.5 Å². The number of alkyl halides is 3. The lowest BCUT2D eigenvalue weighted by Crippen LogP contribution is -2.47. The molecule has 2 aliphatic heterocycles. The predicted octanol–water partition coefficient (Wildman–Crippen LogP) is 3.08. The molecule has 2 aromatic carbocycles. The second-order valence-electron chi connectivity index (χ2n) is 9.54. The first kappa shape index (κ1) is 27.4. The van der Waals surface area contributed by atoms with Gasteiger partial charge in [0.2, 0.25) is 5.91 Å². The van der Waals surface area contributed by atoms with Crippen molar-refractivity contribution in [3.05, 3.63) is 65.2 Å². The zero-order chi connectivity index (χ0) is 27.3. The third kappa shape index (κ3) is 6.63. The van der Waals surface area contributed by atoms with Crippen LogP contribution in [0.5, 0.6) is 0 Å². The second-order valence-corrected chi connectivity index (χ2v) is 9.54. The number of esters is 1. The number of rotatable bonds is 7. The highest BCUT2D eigenvalue weighted by atomic mass is 19.4. The molecule has 2 N–H and O–H groups in total. The van der Waals surface area contributed by atoms with Crippen LogP contribution in [0.4, 0.5) is 18.9 Å². The number of likely N-dealkylation sites (tertiary alicyclic amines) is 1. The minimum atomic E-state index is -4.55. The van der Waals surface area contributed by atoms with Crippen molar-refractivity contribution < 1.29 is 32.3 Å². The van der Waals surface area contributed by atoms with E-state index in [0.717, 1.165) is 62.8 Å². The first-order chi connectivity index (χ1) is 18.2. The largest absolute Gasteiger partial charge is 0.465 e. The summed E-state index contributed by atoms with van der Waals surface area (Å²) in [6, 6.07) is 11.8. The van der Waals surface area contributed by atoms with Crippen LogP contribution < -0.4 is 15.5 Å². The standard InChI is InChI=1S/C27H31F3N4O4/c1-38-26(37)22-7-2-3-8-23(22)33-13-10-21(11-14-33)34-12-9-20(17-34)32-24(35)16-31-25(36)18-5-4-6-19(15-18)27(28,29)30/h2-8,15,20-21H,9-14,16-17H2,1H3,(H,31,36)(H,32,35). The molecule has 0 aromatic heterocycles. The topological polar surface area (TPSA) is 91.0 Å². The number of piperidine rings is 1. The van der Waals surface area contributed by atoms with Crippen LogP contribution in [-0.2, 0) is 15.7 Å². The van der Waals surface area contributed by atoms with E-state index in [-0.39, 0.29) is 30.0 Å². The van der Waals surface area contributed by atoms with Gasteiger partial charge in [-0.2, -0.15) is 13.2 Å². The number of hydrogen-bond acceptors (Lipinski definition) is 6. The fraction of sp³-hybridized carbons (Fsp3) is 0.444. The summed E-state index contributed by atoms with van der Waals surface area (Å²) in [5.41, 5.74) is 0.355. The summed E-state index contributed by atoms with van der Waals surface area (Å²) in [5.74, 6) is -1.47. The number of nitrogens with one attached hydrogen (secondary N) is 2. The number of ether oxygens (including phenoxy) is 1. The predicted molar refractivity (Wildman–Crippen MR) is 135 cm³/mol. The maximum atomic E-state index is 12.9. The van der Waals surface area contributed by atoms with Gasteiger partial charge in [-0.3, -0.25) is 14.5 Å². The molecule has 1 atom stereocenters. The number of para-hydroxylation sites is 1. The Morgan fingerprint density at radius 2 is 1.74 bits per heavy atom. The van der Waals surface area contributed by atoms with Crippen LogP contribution in [0, 0.1) is 0 Å². The van der Waals surface area contributed by atoms with Crippen molar-refractivity contribution >= 4 is 23.5 Å². The zero-order valence-corrected chi connectivity index (χ0v) is 21.1. The Bertz CT molecular complexity index is 1170. The molecule has 0 aliphatic carbocycles. The highest BCUT2D eigenvalue weighted by Gasteiger charge is 2.33. The third-order valence-corrected chi connectivity index (χ3v) is 7.08. The lowest BCUT2D eigenvalue weighted by atomic mass is 10.0. The molecule has 204 valence electrons. The minimum absolute atomic E-state index is 0.0639. The van der Waals surface area contributed by atoms with Gasteiger partial charge in [0.1, 0.15) is 0 Å². The Kier molecular flexibility index (Phi) is 8.55. The van der Waals surface area contributed by atoms with E-state index in [1.807, 2.05) is 18.2 Å². The maximum Gasteiger partial charge on any atom is 0.416 e. The van der Waals surface area contributed by atoms with Crippen molar-refractivity contribution in [1.82, 2.24) is 15.5 Å². The van der Waals surface area contributed by atoms with Crippen LogP contribution >= 0.6 is 0 Å². The molecular weight excluding hydrogens is 501 g/mol. The van der Waals surface area contributed by atoms with Crippen molar-refractivity contribution in [1.29, 1.82) is 0 Å². The molecule has 2 aromatic rings. The molecule has 2 saturated heterocycles. The molecule has 2 amide bonds. The number of anilines is 1. The van der Waals surface area contributed by atoms with Crippen LogP contribution in [-0.4, -0.2) is 74.6 Å². The number of nitrogens with zero attached hydrogens (tertiary/aromatic N) is 2. The Morgan fingerprint density at radius 1 is 1.00 bits per heavy atom. The van der Waals surface area contributed by atoms with Gasteiger partial charge in [-0.15, -0.1) is 0 Å². The highest BCUT2D eigenvalue weighted by Crippen LogP contribution is 2.30. The maximum absolute atomic E-state index is 12.9. The van der Waals surface area contributed by atoms with Crippen LogP contribution in [0.3, 0.4) is 0 Å². The summed E-state index contributed by atoms with van der Waals surface area (Å²) < 4.78 is 43.5. The SMILES string of the molecule is COC(=O)c1ccccc1N1CCC(N2CCC(NC(=O)CNC(=O)c3cccc(C(F)(F)F)c3)C2)CC1. The molecular formula is C27H31F3N4O4. The Morgan fingerprint density at radius 3 is 2.45 bits per heavy atom. The molecule has 4 rings (SSSR count). The number of hydrogen-bond donors (Lipinski definition) is 2. The monoisotopic (exact) mass is 532 g/mol. The molecule has 0 bridgehead atoms. The van der Waals surface area contributed by atoms with Gasteiger partial charge in [-0.25, -0.2) is 4.79 Å². The number of carbonyl (C=O) groups excluding carboxylic acids is 3. The quantitative estimate of drug-likeness (QED) is 0.533. The number of amides is 2. The van der Waals surface area contributed by atoms with Crippen LogP contribution in [0.1, 0.15) is 45.5 Å². The Balaban J connectivity index is 1.22. The molecule has 1 unspecified atom stereocenters. The molecule has 8 nitrogen and oxygen atoms in total. The summed E-state index contributed by atoms with van der Waals surface area (Å²) >= 11 is 0. The number of benzene rings is 2. The lowest BCUT2D eigenvalue weighted by Gasteiger charge is -2.38. The van der Waals surface area contributed by atoms with Gasteiger partial charge in [0.15, 0.2) is 0 Å². The summed E-state index contributed by atoms with van der Waals surface area (Å²) in [6.45, 7) is 2.81. The van der Waals surface area contributed by atoms with Gasteiger partial charge >= 0.3 is 12.1 Å². The van der Waals surface area contributed by atoms with Crippen LogP contribution in [0.25, 0.3) is 0 Å². The smallest absolute Gasteiger partial charge is 0.416 e. The van der Waals surface area contributed by atoms with E-state index in [1.165, 1.54) is 13.2 Å². The van der Waals surface area contributed by atoms with Gasteiger partial charge in [0, 0.05) is 43.8 Å². The van der Waals surface area contributed by atoms with E-state index < -0.39 is 17.6 Å². The van der Waals surface area contributed by atoms with Gasteiger partial charge in [-0.05, 0) is 49.6 Å². The molecule has 2 fully saturated rings. The van der Waals surface area contributed by atoms with E-state index in [9.17, 15) is 27.6 Å². The van der Waals surface area contributed by atoms with Crippen molar-refractivity contribution in [3.63, 3.8) is 0 Å². The van der Waals surface area contributed by atoms with E-state index in [4.69, 9.17) is 4.74 Å². The zero-order valence-electron chi connectivity index (χ0n) is 21.1. The number of methoxy groups -OCH3 is 1. The van der Waals surface area contributed by atoms with Gasteiger partial charge in [-0.1, -0.05) is 18.2 Å². The van der Waals surface area contributed by atoms with Gasteiger partial charge in [0.25, 0.3) is 5.91 Å². The summed E-state index contributed by atoms with van der Waals surface area (Å²) in [7, 11) is 1.37. The molecule has 0 radical (unpaired) electrons. The Hall–Kier alpha value is -3.60. The fourth-order valence-corrected chi connectivity index (χ4v) is 5.12. The van der Waals surface area contributed by atoms with Crippen molar-refractivity contribution in [3.8, 4) is 0 Å². The van der Waals surface area contributed by atoms with E-state index >= 15 is 0 Å². The fourth-order valence-electron chi connectivity index (χ4n) is 5.12. The molecule has 0 spiro atoms. The summed E-state index contributed by atoms with van der Waals surface area (Å²) in [5, 5.41) is 5.31.